The van der Waals surface area contributed by atoms with Crippen LogP contribution in [0.2, 0.25) is 0 Å². The Morgan fingerprint density at radius 1 is 0.848 bits per heavy atom. The van der Waals surface area contributed by atoms with Crippen molar-refractivity contribution in [2.24, 2.45) is 23.2 Å². The number of carbonyl (C=O) groups is 1. The van der Waals surface area contributed by atoms with E-state index in [4.69, 9.17) is 0 Å². The van der Waals surface area contributed by atoms with E-state index in [9.17, 15) is 56.8 Å². The molecule has 0 amide bonds. The van der Waals surface area contributed by atoms with Crippen LogP contribution in [0, 0.1) is 23.2 Å². The van der Waals surface area contributed by atoms with E-state index in [1.165, 1.54) is 0 Å². The maximum atomic E-state index is 14.6. The zero-order valence-corrected chi connectivity index (χ0v) is 18.4. The molecule has 7 nitrogen and oxygen atoms in total. The fourth-order valence-electron chi connectivity index (χ4n) is 5.50. The van der Waals surface area contributed by atoms with Gasteiger partial charge >= 0.3 is 32.9 Å². The highest BCUT2D eigenvalue weighted by molar-refractivity contribution is 8.04. The van der Waals surface area contributed by atoms with Crippen LogP contribution in [0.1, 0.15) is 38.5 Å². The zero-order valence-electron chi connectivity index (χ0n) is 16.8. The van der Waals surface area contributed by atoms with Gasteiger partial charge < -0.3 is 4.74 Å². The Morgan fingerprint density at radius 2 is 1.24 bits per heavy atom. The van der Waals surface area contributed by atoms with Gasteiger partial charge in [-0.05, 0) is 56.3 Å². The molecule has 17 heteroatoms. The molecule has 0 aromatic carbocycles. The second kappa shape index (κ2) is 7.63. The number of ether oxygens (including phenoxy) is 1. The van der Waals surface area contributed by atoms with Crippen molar-refractivity contribution in [1.29, 1.82) is 0 Å². The molecule has 4 aliphatic carbocycles. The molecule has 0 N–H and O–H groups in total. The SMILES string of the molecule is CN(S(=O)(=O)C(F)(F)F)S(=O)(=O)C(F)(F)C(OC(=O)C12CC3CC(CC(C3)C1)C2)C(F)(F)F. The van der Waals surface area contributed by atoms with Crippen molar-refractivity contribution < 1.29 is 61.5 Å². The molecular formula is C16H19F8NO6S2. The molecule has 0 radical (unpaired) electrons. The average molecular weight is 537 g/mol. The van der Waals surface area contributed by atoms with E-state index in [1.807, 2.05) is 0 Å². The highest BCUT2D eigenvalue weighted by atomic mass is 32.3. The summed E-state index contributed by atoms with van der Waals surface area (Å²) in [7, 11) is -14.7. The van der Waals surface area contributed by atoms with Crippen LogP contribution in [-0.2, 0) is 29.6 Å². The molecule has 1 unspecified atom stereocenters. The number of sulfonamides is 2. The minimum Gasteiger partial charge on any atom is -0.444 e. The summed E-state index contributed by atoms with van der Waals surface area (Å²) >= 11 is 0. The predicted octanol–water partition coefficient (Wildman–Crippen LogP) is 3.38. The third-order valence-electron chi connectivity index (χ3n) is 6.61. The summed E-state index contributed by atoms with van der Waals surface area (Å²) in [5.74, 6) is -1.85. The first-order valence-electron chi connectivity index (χ1n) is 9.61. The molecule has 1 atom stereocenters. The number of nitrogens with zero attached hydrogens (tertiary/aromatic N) is 1. The van der Waals surface area contributed by atoms with Crippen molar-refractivity contribution in [3.05, 3.63) is 0 Å². The second-order valence-electron chi connectivity index (χ2n) is 8.92. The van der Waals surface area contributed by atoms with Gasteiger partial charge in [0.05, 0.1) is 5.41 Å². The number of hydrogen-bond acceptors (Lipinski definition) is 6. The Kier molecular flexibility index (Phi) is 6.10. The molecular weight excluding hydrogens is 518 g/mol. The molecule has 4 bridgehead atoms. The van der Waals surface area contributed by atoms with E-state index in [0.29, 0.717) is 19.3 Å². The van der Waals surface area contributed by atoms with Gasteiger partial charge in [-0.2, -0.15) is 35.1 Å². The van der Waals surface area contributed by atoms with Crippen molar-refractivity contribution in [3.8, 4) is 0 Å². The van der Waals surface area contributed by atoms with Crippen molar-refractivity contribution in [1.82, 2.24) is 3.71 Å². The van der Waals surface area contributed by atoms with Crippen LogP contribution in [0.4, 0.5) is 35.1 Å². The van der Waals surface area contributed by atoms with E-state index >= 15 is 0 Å². The van der Waals surface area contributed by atoms with Crippen molar-refractivity contribution in [2.45, 2.75) is 61.6 Å². The van der Waals surface area contributed by atoms with Crippen LogP contribution in [-0.4, -0.2) is 56.6 Å². The predicted molar refractivity (Wildman–Crippen MR) is 93.1 cm³/mol. The van der Waals surface area contributed by atoms with Gasteiger partial charge in [0.25, 0.3) is 16.1 Å². The molecule has 33 heavy (non-hydrogen) atoms. The van der Waals surface area contributed by atoms with Crippen LogP contribution in [0.15, 0.2) is 0 Å². The maximum Gasteiger partial charge on any atom is 0.512 e. The Labute approximate surface area is 183 Å². The first kappa shape index (κ1) is 26.4. The van der Waals surface area contributed by atoms with Crippen LogP contribution in [0.3, 0.4) is 0 Å². The van der Waals surface area contributed by atoms with Crippen molar-refractivity contribution >= 4 is 26.0 Å². The third-order valence-corrected chi connectivity index (χ3v) is 10.6. The summed E-state index contributed by atoms with van der Waals surface area (Å²) in [6.45, 7) is 0. The summed E-state index contributed by atoms with van der Waals surface area (Å²) in [4.78, 5) is 12.7. The molecule has 0 heterocycles. The van der Waals surface area contributed by atoms with Crippen LogP contribution in [0.25, 0.3) is 0 Å². The number of alkyl halides is 8. The van der Waals surface area contributed by atoms with Gasteiger partial charge in [0, 0.05) is 7.05 Å². The topological polar surface area (TPSA) is 97.8 Å². The molecule has 4 aliphatic rings. The zero-order chi connectivity index (χ0) is 25.4. The van der Waals surface area contributed by atoms with Crippen LogP contribution < -0.4 is 0 Å². The van der Waals surface area contributed by atoms with E-state index < -0.39 is 65.2 Å². The van der Waals surface area contributed by atoms with Crippen LogP contribution >= 0.6 is 0 Å². The summed E-state index contributed by atoms with van der Waals surface area (Å²) in [6.07, 6.45) is -8.67. The first-order chi connectivity index (χ1) is 14.6. The molecule has 0 saturated heterocycles. The van der Waals surface area contributed by atoms with Gasteiger partial charge in [-0.15, -0.1) is 0 Å². The lowest BCUT2D eigenvalue weighted by Crippen LogP contribution is -2.59. The summed E-state index contributed by atoms with van der Waals surface area (Å²) in [6, 6.07) is 0. The fourth-order valence-corrected chi connectivity index (χ4v) is 8.17. The molecule has 4 saturated carbocycles. The summed E-state index contributed by atoms with van der Waals surface area (Å²) in [5.41, 5.74) is -7.95. The van der Waals surface area contributed by atoms with E-state index in [0.717, 1.165) is 0 Å². The quantitative estimate of drug-likeness (QED) is 0.381. The maximum absolute atomic E-state index is 14.6. The number of rotatable bonds is 6. The largest absolute Gasteiger partial charge is 0.512 e. The fraction of sp³-hybridized carbons (Fsp3) is 0.938. The molecule has 4 rings (SSSR count). The van der Waals surface area contributed by atoms with Gasteiger partial charge in [0.1, 0.15) is 0 Å². The Hall–Kier alpha value is -1.23. The Bertz CT molecular complexity index is 985. The van der Waals surface area contributed by atoms with E-state index in [2.05, 4.69) is 4.74 Å². The molecule has 0 spiro atoms. The third kappa shape index (κ3) is 4.21. The average Bonchev–Trinajstić information content (AvgIpc) is 2.61. The van der Waals surface area contributed by atoms with Crippen molar-refractivity contribution in [2.75, 3.05) is 7.05 Å². The van der Waals surface area contributed by atoms with E-state index in [-0.39, 0.29) is 37.0 Å². The second-order valence-corrected chi connectivity index (χ2v) is 13.2. The van der Waals surface area contributed by atoms with Crippen LogP contribution in [0.5, 0.6) is 0 Å². The summed E-state index contributed by atoms with van der Waals surface area (Å²) < 4.78 is 156. The highest BCUT2D eigenvalue weighted by Gasteiger charge is 2.71. The molecule has 0 aromatic heterocycles. The summed E-state index contributed by atoms with van der Waals surface area (Å²) in [5, 5.41) is -6.28. The molecule has 4 fully saturated rings. The monoisotopic (exact) mass is 537 g/mol. The van der Waals surface area contributed by atoms with Gasteiger partial charge in [-0.3, -0.25) is 4.79 Å². The van der Waals surface area contributed by atoms with Crippen molar-refractivity contribution in [3.63, 3.8) is 0 Å². The molecule has 192 valence electrons. The Balaban J connectivity index is 1.95. The normalized spacial score (nSPS) is 31.6. The number of esters is 1. The standard InChI is InChI=1S/C16H19F8NO6S2/c1-25(33(29,30)16(22,23)24)32(27,28)15(20,21)11(14(17,18)19)31-12(26)13-5-8-2-9(6-13)4-10(3-8)7-13/h8-11H,2-7H2,1H3. The minimum absolute atomic E-state index is 0.0413. The van der Waals surface area contributed by atoms with Gasteiger partial charge in [0.2, 0.25) is 0 Å². The van der Waals surface area contributed by atoms with Gasteiger partial charge in [-0.25, -0.2) is 16.8 Å². The smallest absolute Gasteiger partial charge is 0.444 e. The number of hydrogen-bond donors (Lipinski definition) is 0. The lowest BCUT2D eigenvalue weighted by Gasteiger charge is -2.55. The number of carbonyl (C=O) groups excluding carboxylic acids is 1. The first-order valence-corrected chi connectivity index (χ1v) is 12.5. The van der Waals surface area contributed by atoms with E-state index in [1.54, 1.807) is 0 Å². The Morgan fingerprint density at radius 3 is 1.58 bits per heavy atom. The van der Waals surface area contributed by atoms with Gasteiger partial charge in [0.15, 0.2) is 0 Å². The number of halogens is 8. The lowest BCUT2D eigenvalue weighted by molar-refractivity contribution is -0.265. The van der Waals surface area contributed by atoms with Gasteiger partial charge in [-0.1, -0.05) is 3.71 Å². The minimum atomic E-state index is -7.17. The molecule has 0 aromatic rings. The highest BCUT2D eigenvalue weighted by Crippen LogP contribution is 2.61. The molecule has 0 aliphatic heterocycles. The lowest BCUT2D eigenvalue weighted by atomic mass is 9.49.